The minimum absolute atomic E-state index is 0.102. The first-order valence-corrected chi connectivity index (χ1v) is 4.22. The summed E-state index contributed by atoms with van der Waals surface area (Å²) in [7, 11) is 0. The molecule has 0 aliphatic carbocycles. The summed E-state index contributed by atoms with van der Waals surface area (Å²) < 4.78 is 0. The molecule has 5 heteroatoms. The highest BCUT2D eigenvalue weighted by Crippen LogP contribution is 1.80. The molecule has 0 aliphatic rings. The number of hydrogen-bond acceptors (Lipinski definition) is 3. The largest absolute Gasteiger partial charge is 0.341 e. The van der Waals surface area contributed by atoms with E-state index in [1.54, 1.807) is 13.8 Å². The van der Waals surface area contributed by atoms with Crippen LogP contribution in [0.4, 0.5) is 0 Å². The van der Waals surface area contributed by atoms with E-state index in [1.807, 2.05) is 0 Å². The molecule has 3 N–H and O–H groups in total. The Labute approximate surface area is 78.3 Å². The second-order valence-electron chi connectivity index (χ2n) is 3.01. The Kier molecular flexibility index (Phi) is 5.06. The summed E-state index contributed by atoms with van der Waals surface area (Å²) in [6.07, 6.45) is -0.307. The summed E-state index contributed by atoms with van der Waals surface area (Å²) in [6, 6.07) is 0. The molecule has 0 aromatic rings. The van der Waals surface area contributed by atoms with Crippen molar-refractivity contribution in [2.24, 2.45) is 0 Å². The zero-order valence-electron chi connectivity index (χ0n) is 8.47. The van der Waals surface area contributed by atoms with Crippen LogP contribution in [0.25, 0.3) is 0 Å². The van der Waals surface area contributed by atoms with Crippen LogP contribution in [0.3, 0.4) is 0 Å². The van der Waals surface area contributed by atoms with Gasteiger partial charge in [-0.05, 0) is 13.8 Å². The van der Waals surface area contributed by atoms with Gasteiger partial charge in [-0.25, -0.2) is 0 Å². The van der Waals surface area contributed by atoms with Gasteiger partial charge in [-0.1, -0.05) is 0 Å². The Morgan fingerprint density at radius 3 is 1.46 bits per heavy atom. The van der Waals surface area contributed by atoms with E-state index in [-0.39, 0.29) is 24.1 Å². The predicted octanol–water partition coefficient (Wildman–Crippen LogP) is -0.460. The number of rotatable bonds is 4. The smallest absolute Gasteiger partial charge is 0.218 e. The van der Waals surface area contributed by atoms with Crippen LogP contribution >= 0.6 is 0 Å². The van der Waals surface area contributed by atoms with Crippen molar-refractivity contribution in [1.82, 2.24) is 16.0 Å². The lowest BCUT2D eigenvalue weighted by molar-refractivity contribution is -0.119. The SMILES string of the molecule is CC(=O)NC(C)NC(C)NC(C)=O. The quantitative estimate of drug-likeness (QED) is 0.522. The third-order valence-electron chi connectivity index (χ3n) is 1.34. The fraction of sp³-hybridized carbons (Fsp3) is 0.750. The lowest BCUT2D eigenvalue weighted by Crippen LogP contribution is -2.52. The molecule has 0 aromatic carbocycles. The van der Waals surface area contributed by atoms with Crippen molar-refractivity contribution in [2.45, 2.75) is 40.0 Å². The van der Waals surface area contributed by atoms with Gasteiger partial charge in [-0.15, -0.1) is 0 Å². The molecule has 0 aliphatic heterocycles. The van der Waals surface area contributed by atoms with Crippen molar-refractivity contribution in [3.63, 3.8) is 0 Å². The molecule has 0 saturated heterocycles. The molecule has 5 nitrogen and oxygen atoms in total. The average Bonchev–Trinajstić information content (AvgIpc) is 1.80. The highest BCUT2D eigenvalue weighted by atomic mass is 16.2. The van der Waals surface area contributed by atoms with E-state index in [9.17, 15) is 9.59 Å². The fourth-order valence-electron chi connectivity index (χ4n) is 1.07. The molecule has 0 aromatic heterocycles. The molecule has 0 spiro atoms. The Morgan fingerprint density at radius 2 is 1.23 bits per heavy atom. The molecule has 76 valence electrons. The molecule has 13 heavy (non-hydrogen) atoms. The average molecular weight is 187 g/mol. The summed E-state index contributed by atoms with van der Waals surface area (Å²) in [5.74, 6) is -0.204. The molecule has 0 fully saturated rings. The third-order valence-corrected chi connectivity index (χ3v) is 1.34. The molecule has 0 heterocycles. The first kappa shape index (κ1) is 11.9. The molecule has 2 atom stereocenters. The number of carbonyl (C=O) groups excluding carboxylic acids is 2. The zero-order valence-corrected chi connectivity index (χ0v) is 8.47. The van der Waals surface area contributed by atoms with Crippen LogP contribution < -0.4 is 16.0 Å². The Balaban J connectivity index is 3.70. The first-order valence-electron chi connectivity index (χ1n) is 4.22. The van der Waals surface area contributed by atoms with Crippen molar-refractivity contribution in [1.29, 1.82) is 0 Å². The lowest BCUT2D eigenvalue weighted by atomic mass is 10.4. The molecule has 0 saturated carbocycles. The molecule has 0 radical (unpaired) electrons. The molecule has 2 unspecified atom stereocenters. The normalized spacial score (nSPS) is 14.5. The fourth-order valence-corrected chi connectivity index (χ4v) is 1.07. The maximum atomic E-state index is 10.6. The van der Waals surface area contributed by atoms with Crippen molar-refractivity contribution < 1.29 is 9.59 Å². The van der Waals surface area contributed by atoms with Gasteiger partial charge in [0.25, 0.3) is 0 Å². The van der Waals surface area contributed by atoms with Crippen molar-refractivity contribution in [3.8, 4) is 0 Å². The standard InChI is InChI=1S/C8H17N3O2/c1-5(10-7(3)12)9-6(2)11-8(4)13/h5-6,9H,1-4H3,(H,10,12)(H,11,13). The number of carbonyl (C=O) groups is 2. The summed E-state index contributed by atoms with van der Waals surface area (Å²) in [6.45, 7) is 6.50. The minimum atomic E-state index is -0.153. The van der Waals surface area contributed by atoms with E-state index in [4.69, 9.17) is 0 Å². The molecule has 0 bridgehead atoms. The maximum Gasteiger partial charge on any atom is 0.218 e. The van der Waals surface area contributed by atoms with Crippen molar-refractivity contribution in [3.05, 3.63) is 0 Å². The number of nitrogens with one attached hydrogen (secondary N) is 3. The van der Waals surface area contributed by atoms with Gasteiger partial charge in [0.2, 0.25) is 11.8 Å². The number of amides is 2. The van der Waals surface area contributed by atoms with E-state index >= 15 is 0 Å². The lowest BCUT2D eigenvalue weighted by Gasteiger charge is -2.20. The van der Waals surface area contributed by atoms with Gasteiger partial charge in [0, 0.05) is 13.8 Å². The molecule has 2 amide bonds. The van der Waals surface area contributed by atoms with Gasteiger partial charge >= 0.3 is 0 Å². The van der Waals surface area contributed by atoms with Crippen LogP contribution in [0.5, 0.6) is 0 Å². The predicted molar refractivity (Wildman–Crippen MR) is 49.7 cm³/mol. The van der Waals surface area contributed by atoms with Crippen LogP contribution in [-0.2, 0) is 9.59 Å². The van der Waals surface area contributed by atoms with E-state index in [2.05, 4.69) is 16.0 Å². The highest BCUT2D eigenvalue weighted by Gasteiger charge is 2.07. The van der Waals surface area contributed by atoms with Crippen LogP contribution in [-0.4, -0.2) is 24.1 Å². The topological polar surface area (TPSA) is 70.2 Å². The molecular weight excluding hydrogens is 170 g/mol. The van der Waals surface area contributed by atoms with Crippen molar-refractivity contribution in [2.75, 3.05) is 0 Å². The highest BCUT2D eigenvalue weighted by molar-refractivity contribution is 5.73. The summed E-state index contributed by atoms with van der Waals surface area (Å²) in [5.41, 5.74) is 0. The summed E-state index contributed by atoms with van der Waals surface area (Å²) >= 11 is 0. The van der Waals surface area contributed by atoms with Crippen molar-refractivity contribution >= 4 is 11.8 Å². The monoisotopic (exact) mass is 187 g/mol. The van der Waals surface area contributed by atoms with E-state index in [0.717, 1.165) is 0 Å². The summed E-state index contributed by atoms with van der Waals surface area (Å²) in [4.78, 5) is 21.2. The van der Waals surface area contributed by atoms with Crippen LogP contribution in [0, 0.1) is 0 Å². The Bertz CT molecular complexity index is 174. The van der Waals surface area contributed by atoms with Crippen LogP contribution in [0.2, 0.25) is 0 Å². The molecule has 0 rings (SSSR count). The maximum absolute atomic E-state index is 10.6. The van der Waals surface area contributed by atoms with Gasteiger partial charge < -0.3 is 10.6 Å². The number of hydrogen-bond donors (Lipinski definition) is 3. The van der Waals surface area contributed by atoms with E-state index in [0.29, 0.717) is 0 Å². The summed E-state index contributed by atoms with van der Waals surface area (Å²) in [5, 5.41) is 8.27. The third kappa shape index (κ3) is 7.27. The first-order chi connectivity index (χ1) is 5.91. The zero-order chi connectivity index (χ0) is 10.4. The Morgan fingerprint density at radius 1 is 0.923 bits per heavy atom. The molecular formula is C8H17N3O2. The van der Waals surface area contributed by atoms with Crippen LogP contribution in [0.15, 0.2) is 0 Å². The van der Waals surface area contributed by atoms with Gasteiger partial charge in [-0.3, -0.25) is 14.9 Å². The van der Waals surface area contributed by atoms with Gasteiger partial charge in [0.05, 0.1) is 12.3 Å². The van der Waals surface area contributed by atoms with Gasteiger partial charge in [0.15, 0.2) is 0 Å². The van der Waals surface area contributed by atoms with Gasteiger partial charge in [0.1, 0.15) is 0 Å². The second kappa shape index (κ2) is 5.53. The minimum Gasteiger partial charge on any atom is -0.341 e. The van der Waals surface area contributed by atoms with Crippen LogP contribution in [0.1, 0.15) is 27.7 Å². The van der Waals surface area contributed by atoms with E-state index in [1.165, 1.54) is 13.8 Å². The van der Waals surface area contributed by atoms with Gasteiger partial charge in [-0.2, -0.15) is 0 Å². The Hall–Kier alpha value is -1.10. The second-order valence-corrected chi connectivity index (χ2v) is 3.01. The van der Waals surface area contributed by atoms with E-state index < -0.39 is 0 Å².